The molecule has 0 aliphatic heterocycles. The number of hydrogen-bond acceptors (Lipinski definition) is 4. The van der Waals surface area contributed by atoms with Crippen LogP contribution in [0.25, 0.3) is 0 Å². The molecule has 0 aliphatic carbocycles. The molecule has 0 aliphatic rings. The molecule has 3 N–H and O–H groups in total. The summed E-state index contributed by atoms with van der Waals surface area (Å²) in [7, 11) is 0. The third-order valence-electron chi connectivity index (χ3n) is 2.85. The molecule has 1 amide bonds. The van der Waals surface area contributed by atoms with Crippen molar-refractivity contribution in [3.8, 4) is 0 Å². The van der Waals surface area contributed by atoms with Crippen molar-refractivity contribution in [2.75, 3.05) is 17.7 Å². The van der Waals surface area contributed by atoms with Gasteiger partial charge in [-0.05, 0) is 30.3 Å². The Morgan fingerprint density at radius 1 is 1.12 bits per heavy atom. The first-order chi connectivity index (χ1) is 11.3. The Hall–Kier alpha value is -2.02. The van der Waals surface area contributed by atoms with Gasteiger partial charge in [-0.2, -0.15) is 0 Å². The van der Waals surface area contributed by atoms with E-state index in [-0.39, 0.29) is 32.0 Å². The summed E-state index contributed by atoms with van der Waals surface area (Å²) in [4.78, 5) is 23.7. The maximum atomic E-state index is 13.0. The minimum atomic E-state index is -0.857. The van der Waals surface area contributed by atoms with Gasteiger partial charge in [-0.25, -0.2) is 9.18 Å². The molecule has 126 valence electrons. The summed E-state index contributed by atoms with van der Waals surface area (Å²) in [6, 6.07) is 6.29. The highest BCUT2D eigenvalue weighted by molar-refractivity contribution is 6.37. The fourth-order valence-electron chi connectivity index (χ4n) is 1.73. The van der Waals surface area contributed by atoms with Gasteiger partial charge in [0.1, 0.15) is 5.82 Å². The Balaban J connectivity index is 1.98. The smallest absolute Gasteiger partial charge is 0.340 e. The number of nitrogens with one attached hydrogen (secondary N) is 1. The summed E-state index contributed by atoms with van der Waals surface area (Å²) in [5.74, 6) is -2.11. The predicted octanol–water partition coefficient (Wildman–Crippen LogP) is 4.16. The number of carbonyl (C=O) groups is 2. The second-order valence-electron chi connectivity index (χ2n) is 4.60. The first kappa shape index (κ1) is 18.3. The van der Waals surface area contributed by atoms with E-state index in [1.807, 2.05) is 0 Å². The van der Waals surface area contributed by atoms with Crippen molar-refractivity contribution in [1.82, 2.24) is 0 Å². The van der Waals surface area contributed by atoms with E-state index < -0.39 is 24.3 Å². The summed E-state index contributed by atoms with van der Waals surface area (Å²) in [5, 5.41) is 2.55. The van der Waals surface area contributed by atoms with E-state index in [0.717, 1.165) is 6.07 Å². The van der Waals surface area contributed by atoms with Crippen LogP contribution in [0, 0.1) is 5.82 Å². The molecule has 2 rings (SSSR count). The number of hydrogen-bond donors (Lipinski definition) is 2. The van der Waals surface area contributed by atoms with Gasteiger partial charge >= 0.3 is 5.97 Å². The molecule has 0 radical (unpaired) electrons. The van der Waals surface area contributed by atoms with Gasteiger partial charge in [0, 0.05) is 10.7 Å². The van der Waals surface area contributed by atoms with Crippen molar-refractivity contribution < 1.29 is 18.7 Å². The van der Waals surface area contributed by atoms with Crippen molar-refractivity contribution in [2.45, 2.75) is 0 Å². The van der Waals surface area contributed by atoms with Gasteiger partial charge in [0.2, 0.25) is 0 Å². The van der Waals surface area contributed by atoms with Crippen LogP contribution >= 0.6 is 34.8 Å². The maximum Gasteiger partial charge on any atom is 0.340 e. The molecule has 0 fully saturated rings. The number of nitrogen functional groups attached to an aromatic ring is 1. The van der Waals surface area contributed by atoms with Gasteiger partial charge in [-0.1, -0.05) is 34.8 Å². The van der Waals surface area contributed by atoms with Crippen LogP contribution in [0.4, 0.5) is 15.8 Å². The van der Waals surface area contributed by atoms with E-state index in [1.165, 1.54) is 24.3 Å². The Kier molecular flexibility index (Phi) is 5.88. The molecule has 0 heterocycles. The van der Waals surface area contributed by atoms with Crippen molar-refractivity contribution in [2.24, 2.45) is 0 Å². The third-order valence-corrected chi connectivity index (χ3v) is 3.67. The van der Waals surface area contributed by atoms with E-state index in [2.05, 4.69) is 5.32 Å². The number of nitrogens with two attached hydrogens (primary N) is 1. The molecule has 0 saturated carbocycles. The van der Waals surface area contributed by atoms with Gasteiger partial charge < -0.3 is 15.8 Å². The molecule has 0 unspecified atom stereocenters. The molecule has 0 saturated heterocycles. The summed E-state index contributed by atoms with van der Waals surface area (Å²) < 4.78 is 17.9. The lowest BCUT2D eigenvalue weighted by atomic mass is 10.2. The number of benzene rings is 2. The minimum Gasteiger partial charge on any atom is -0.452 e. The quantitative estimate of drug-likeness (QED) is 0.605. The Morgan fingerprint density at radius 3 is 2.50 bits per heavy atom. The van der Waals surface area contributed by atoms with E-state index in [1.54, 1.807) is 0 Å². The third kappa shape index (κ3) is 4.50. The van der Waals surface area contributed by atoms with Gasteiger partial charge in [0.25, 0.3) is 5.91 Å². The molecule has 0 bridgehead atoms. The van der Waals surface area contributed by atoms with Crippen LogP contribution in [0.5, 0.6) is 0 Å². The molecule has 0 aromatic heterocycles. The minimum absolute atomic E-state index is 0.00297. The summed E-state index contributed by atoms with van der Waals surface area (Å²) in [6.45, 7) is -0.586. The lowest BCUT2D eigenvalue weighted by Crippen LogP contribution is -2.21. The summed E-state index contributed by atoms with van der Waals surface area (Å²) >= 11 is 17.2. The van der Waals surface area contributed by atoms with Crippen molar-refractivity contribution in [3.05, 3.63) is 56.8 Å². The fraction of sp³-hybridized carbons (Fsp3) is 0.0667. The number of carbonyl (C=O) groups excluding carboxylic acids is 2. The fourth-order valence-corrected chi connectivity index (χ4v) is 2.41. The maximum absolute atomic E-state index is 13.0. The number of halogens is 4. The van der Waals surface area contributed by atoms with Crippen molar-refractivity contribution in [1.29, 1.82) is 0 Å². The summed E-state index contributed by atoms with van der Waals surface area (Å²) in [5.41, 5.74) is 5.87. The van der Waals surface area contributed by atoms with E-state index in [4.69, 9.17) is 45.3 Å². The topological polar surface area (TPSA) is 81.4 Å². The Labute approximate surface area is 151 Å². The Morgan fingerprint density at radius 2 is 1.83 bits per heavy atom. The van der Waals surface area contributed by atoms with Crippen LogP contribution in [0.3, 0.4) is 0 Å². The average molecular weight is 392 g/mol. The zero-order valence-electron chi connectivity index (χ0n) is 11.9. The van der Waals surface area contributed by atoms with E-state index in [0.29, 0.717) is 0 Å². The van der Waals surface area contributed by atoms with Crippen LogP contribution < -0.4 is 11.1 Å². The van der Waals surface area contributed by atoms with Gasteiger partial charge in [-0.3, -0.25) is 4.79 Å². The first-order valence-electron chi connectivity index (χ1n) is 6.44. The number of ether oxygens (including phenoxy) is 1. The van der Waals surface area contributed by atoms with Gasteiger partial charge in [0.05, 0.1) is 21.3 Å². The largest absolute Gasteiger partial charge is 0.452 e. The van der Waals surface area contributed by atoms with Gasteiger partial charge in [-0.15, -0.1) is 0 Å². The van der Waals surface area contributed by atoms with Crippen LogP contribution in [0.15, 0.2) is 30.3 Å². The second kappa shape index (κ2) is 7.70. The molecular formula is C15H10Cl3FN2O3. The lowest BCUT2D eigenvalue weighted by molar-refractivity contribution is -0.119. The number of rotatable bonds is 4. The number of amides is 1. The molecule has 24 heavy (non-hydrogen) atoms. The zero-order chi connectivity index (χ0) is 17.9. The van der Waals surface area contributed by atoms with Crippen LogP contribution in [-0.4, -0.2) is 18.5 Å². The highest BCUT2D eigenvalue weighted by Crippen LogP contribution is 2.28. The zero-order valence-corrected chi connectivity index (χ0v) is 14.2. The van der Waals surface area contributed by atoms with Crippen molar-refractivity contribution >= 4 is 58.1 Å². The normalized spacial score (nSPS) is 10.3. The van der Waals surface area contributed by atoms with E-state index in [9.17, 15) is 14.0 Å². The SMILES string of the molecule is Nc1c(Cl)cc(Cl)cc1C(=O)OCC(=O)Nc1ccc(F)c(Cl)c1. The van der Waals surface area contributed by atoms with Crippen molar-refractivity contribution in [3.63, 3.8) is 0 Å². The molecule has 9 heteroatoms. The molecular weight excluding hydrogens is 382 g/mol. The molecule has 0 spiro atoms. The lowest BCUT2D eigenvalue weighted by Gasteiger charge is -2.09. The van der Waals surface area contributed by atoms with Crippen LogP contribution in [-0.2, 0) is 9.53 Å². The Bertz CT molecular complexity index is 815. The highest BCUT2D eigenvalue weighted by atomic mass is 35.5. The van der Waals surface area contributed by atoms with Crippen LogP contribution in [0.1, 0.15) is 10.4 Å². The number of anilines is 2. The molecule has 2 aromatic rings. The van der Waals surface area contributed by atoms with E-state index >= 15 is 0 Å². The predicted molar refractivity (Wildman–Crippen MR) is 91.2 cm³/mol. The average Bonchev–Trinajstić information content (AvgIpc) is 2.52. The molecule has 5 nitrogen and oxygen atoms in total. The number of esters is 1. The summed E-state index contributed by atoms with van der Waals surface area (Å²) in [6.07, 6.45) is 0. The molecule has 2 aromatic carbocycles. The van der Waals surface area contributed by atoms with Crippen LogP contribution in [0.2, 0.25) is 15.1 Å². The highest BCUT2D eigenvalue weighted by Gasteiger charge is 2.16. The monoisotopic (exact) mass is 390 g/mol. The standard InChI is InChI=1S/C15H10Cl3FN2O3/c16-7-3-9(14(20)11(18)4-7)15(23)24-6-13(22)21-8-1-2-12(19)10(17)5-8/h1-5H,6,20H2,(H,21,22). The van der Waals surface area contributed by atoms with Gasteiger partial charge in [0.15, 0.2) is 6.61 Å². The molecule has 0 atom stereocenters. The second-order valence-corrected chi connectivity index (χ2v) is 5.85. The first-order valence-corrected chi connectivity index (χ1v) is 7.58.